The van der Waals surface area contributed by atoms with E-state index in [1.54, 1.807) is 28.4 Å². The van der Waals surface area contributed by atoms with Crippen LogP contribution in [0.25, 0.3) is 0 Å². The molecule has 5 nitrogen and oxygen atoms in total. The fourth-order valence-electron chi connectivity index (χ4n) is 3.22. The van der Waals surface area contributed by atoms with Crippen LogP contribution in [0.1, 0.15) is 23.3 Å². The molecule has 1 amide bonds. The number of thiophene rings is 1. The Kier molecular flexibility index (Phi) is 5.48. The second-order valence-corrected chi connectivity index (χ2v) is 8.33. The van der Waals surface area contributed by atoms with E-state index in [4.69, 9.17) is 28.3 Å². The fraction of sp³-hybridized carbons (Fsp3) is 0.250. The molecule has 1 fully saturated rings. The number of halogens is 1. The summed E-state index contributed by atoms with van der Waals surface area (Å²) in [6.45, 7) is 2.59. The predicted molar refractivity (Wildman–Crippen MR) is 115 cm³/mol. The van der Waals surface area contributed by atoms with Crippen molar-refractivity contribution >= 4 is 51.9 Å². The number of carbonyl (C=O) groups is 1. The standard InChI is InChI=1S/C20H18ClN3O2S2/c1-2-14-10-16(26-22-14)11-18-19(25)24(15-7-5-13(21)6-8-15)20(27)23(18)12-17-4-3-9-28-17/h3-10,18H,2,11-12H2,1H3. The van der Waals surface area contributed by atoms with Crippen LogP contribution in [0.5, 0.6) is 0 Å². The maximum absolute atomic E-state index is 13.3. The van der Waals surface area contributed by atoms with Gasteiger partial charge in [-0.1, -0.05) is 29.7 Å². The van der Waals surface area contributed by atoms with Gasteiger partial charge in [0.1, 0.15) is 11.8 Å². The van der Waals surface area contributed by atoms with E-state index in [2.05, 4.69) is 5.16 Å². The minimum absolute atomic E-state index is 0.0710. The molecule has 0 aliphatic carbocycles. The smallest absolute Gasteiger partial charge is 0.256 e. The highest BCUT2D eigenvalue weighted by molar-refractivity contribution is 7.80. The van der Waals surface area contributed by atoms with Gasteiger partial charge >= 0.3 is 0 Å². The van der Waals surface area contributed by atoms with Gasteiger partial charge in [-0.05, 0) is 54.4 Å². The van der Waals surface area contributed by atoms with Crippen LogP contribution in [0.15, 0.2) is 52.4 Å². The molecule has 144 valence electrons. The van der Waals surface area contributed by atoms with Crippen molar-refractivity contribution in [3.05, 3.63) is 69.2 Å². The summed E-state index contributed by atoms with van der Waals surface area (Å²) in [5, 5.41) is 7.16. The molecule has 8 heteroatoms. The summed E-state index contributed by atoms with van der Waals surface area (Å²) in [4.78, 5) is 18.0. The van der Waals surface area contributed by atoms with Gasteiger partial charge in [-0.2, -0.15) is 0 Å². The minimum atomic E-state index is -0.442. The van der Waals surface area contributed by atoms with E-state index in [1.807, 2.05) is 47.5 Å². The number of anilines is 1. The van der Waals surface area contributed by atoms with Crippen LogP contribution in [-0.2, 0) is 24.2 Å². The summed E-state index contributed by atoms with van der Waals surface area (Å²) in [5.41, 5.74) is 1.59. The van der Waals surface area contributed by atoms with Crippen molar-refractivity contribution in [1.82, 2.24) is 10.1 Å². The molecule has 0 N–H and O–H groups in total. The molecule has 1 aliphatic heterocycles. The largest absolute Gasteiger partial charge is 0.361 e. The van der Waals surface area contributed by atoms with Gasteiger partial charge in [0.2, 0.25) is 0 Å². The van der Waals surface area contributed by atoms with Crippen LogP contribution in [0.4, 0.5) is 5.69 Å². The first-order valence-electron chi connectivity index (χ1n) is 8.93. The number of thiocarbonyl (C=S) groups is 1. The zero-order valence-electron chi connectivity index (χ0n) is 15.2. The van der Waals surface area contributed by atoms with Crippen LogP contribution in [-0.4, -0.2) is 27.1 Å². The van der Waals surface area contributed by atoms with Crippen LogP contribution < -0.4 is 4.90 Å². The van der Waals surface area contributed by atoms with E-state index in [0.29, 0.717) is 34.5 Å². The lowest BCUT2D eigenvalue weighted by molar-refractivity contribution is -0.119. The van der Waals surface area contributed by atoms with Crippen molar-refractivity contribution in [2.24, 2.45) is 0 Å². The van der Waals surface area contributed by atoms with Crippen molar-refractivity contribution in [2.45, 2.75) is 32.4 Å². The van der Waals surface area contributed by atoms with Gasteiger partial charge in [-0.3, -0.25) is 9.69 Å². The molecule has 3 aromatic rings. The second-order valence-electron chi connectivity index (χ2n) is 6.50. The molecule has 1 atom stereocenters. The van der Waals surface area contributed by atoms with E-state index in [9.17, 15) is 4.79 Å². The topological polar surface area (TPSA) is 49.6 Å². The normalized spacial score (nSPS) is 17.0. The molecule has 4 rings (SSSR count). The van der Waals surface area contributed by atoms with Crippen LogP contribution in [0, 0.1) is 0 Å². The predicted octanol–water partition coefficient (Wildman–Crippen LogP) is 4.70. The molecule has 0 spiro atoms. The van der Waals surface area contributed by atoms with Gasteiger partial charge in [0.15, 0.2) is 5.11 Å². The lowest BCUT2D eigenvalue weighted by Gasteiger charge is -2.22. The Bertz CT molecular complexity index is 985. The summed E-state index contributed by atoms with van der Waals surface area (Å²) in [6, 6.07) is 12.6. The Hall–Kier alpha value is -2.22. The van der Waals surface area contributed by atoms with Crippen LogP contribution in [0.3, 0.4) is 0 Å². The number of hydrogen-bond donors (Lipinski definition) is 0. The van der Waals surface area contributed by atoms with E-state index < -0.39 is 6.04 Å². The lowest BCUT2D eigenvalue weighted by atomic mass is 10.1. The Labute approximate surface area is 177 Å². The van der Waals surface area contributed by atoms with Crippen LogP contribution >= 0.6 is 35.2 Å². The average molecular weight is 432 g/mol. The molecule has 2 aromatic heterocycles. The SMILES string of the molecule is CCc1cc(CC2C(=O)N(c3ccc(Cl)cc3)C(=S)N2Cc2cccs2)on1. The van der Waals surface area contributed by atoms with E-state index in [1.165, 1.54) is 0 Å². The van der Waals surface area contributed by atoms with Crippen molar-refractivity contribution in [3.8, 4) is 0 Å². The molecule has 1 unspecified atom stereocenters. The summed E-state index contributed by atoms with van der Waals surface area (Å²) in [5.74, 6) is 0.616. The van der Waals surface area contributed by atoms with Crippen molar-refractivity contribution in [2.75, 3.05) is 4.90 Å². The highest BCUT2D eigenvalue weighted by Gasteiger charge is 2.43. The van der Waals surface area contributed by atoms with Gasteiger partial charge in [0.05, 0.1) is 17.9 Å². The number of nitrogens with zero attached hydrogens (tertiary/aromatic N) is 3. The molecular weight excluding hydrogens is 414 g/mol. The quantitative estimate of drug-likeness (QED) is 0.529. The van der Waals surface area contributed by atoms with Gasteiger partial charge < -0.3 is 9.42 Å². The third kappa shape index (κ3) is 3.70. The first-order chi connectivity index (χ1) is 13.6. The molecule has 0 radical (unpaired) electrons. The average Bonchev–Trinajstić information content (AvgIpc) is 3.41. The Morgan fingerprint density at radius 1 is 1.29 bits per heavy atom. The molecule has 3 heterocycles. The number of rotatable bonds is 6. The molecule has 1 aromatic carbocycles. The lowest BCUT2D eigenvalue weighted by Crippen LogP contribution is -2.35. The van der Waals surface area contributed by atoms with Crippen molar-refractivity contribution in [3.63, 3.8) is 0 Å². The van der Waals surface area contributed by atoms with Gasteiger partial charge in [0, 0.05) is 22.4 Å². The van der Waals surface area contributed by atoms with Gasteiger partial charge in [-0.15, -0.1) is 11.3 Å². The molecule has 28 heavy (non-hydrogen) atoms. The van der Waals surface area contributed by atoms with E-state index in [-0.39, 0.29) is 5.91 Å². The number of carbonyl (C=O) groups excluding carboxylic acids is 1. The summed E-state index contributed by atoms with van der Waals surface area (Å²) in [7, 11) is 0. The molecule has 0 saturated carbocycles. The highest BCUT2D eigenvalue weighted by atomic mass is 35.5. The third-order valence-electron chi connectivity index (χ3n) is 4.67. The number of aryl methyl sites for hydroxylation is 1. The molecule has 1 aliphatic rings. The highest BCUT2D eigenvalue weighted by Crippen LogP contribution is 2.30. The monoisotopic (exact) mass is 431 g/mol. The second kappa shape index (κ2) is 8.03. The maximum atomic E-state index is 13.3. The van der Waals surface area contributed by atoms with Crippen molar-refractivity contribution < 1.29 is 9.32 Å². The Morgan fingerprint density at radius 3 is 2.71 bits per heavy atom. The summed E-state index contributed by atoms with van der Waals surface area (Å²) >= 11 is 13.4. The first kappa shape index (κ1) is 19.1. The number of benzene rings is 1. The number of aromatic nitrogens is 1. The van der Waals surface area contributed by atoms with Crippen molar-refractivity contribution in [1.29, 1.82) is 0 Å². The Morgan fingerprint density at radius 2 is 2.07 bits per heavy atom. The van der Waals surface area contributed by atoms with Crippen LogP contribution in [0.2, 0.25) is 5.02 Å². The van der Waals surface area contributed by atoms with Gasteiger partial charge in [-0.25, -0.2) is 0 Å². The minimum Gasteiger partial charge on any atom is -0.361 e. The summed E-state index contributed by atoms with van der Waals surface area (Å²) < 4.78 is 5.44. The molecular formula is C20H18ClN3O2S2. The maximum Gasteiger partial charge on any atom is 0.256 e. The first-order valence-corrected chi connectivity index (χ1v) is 10.6. The van der Waals surface area contributed by atoms with Gasteiger partial charge in [0.25, 0.3) is 5.91 Å². The fourth-order valence-corrected chi connectivity index (χ4v) is 4.44. The van der Waals surface area contributed by atoms with E-state index >= 15 is 0 Å². The summed E-state index contributed by atoms with van der Waals surface area (Å²) in [6.07, 6.45) is 1.21. The zero-order chi connectivity index (χ0) is 19.7. The molecule has 1 saturated heterocycles. The third-order valence-corrected chi connectivity index (χ3v) is 6.20. The number of hydrogen-bond acceptors (Lipinski definition) is 5. The molecule has 0 bridgehead atoms. The van der Waals surface area contributed by atoms with E-state index in [0.717, 1.165) is 17.0 Å². The number of amides is 1. The zero-order valence-corrected chi connectivity index (χ0v) is 17.6. The Balaban J connectivity index is 1.66.